The molecule has 0 saturated carbocycles. The van der Waals surface area contributed by atoms with E-state index in [0.717, 1.165) is 5.02 Å². The molecule has 0 aliphatic rings. The second-order valence-electron chi connectivity index (χ2n) is 9.05. The topological polar surface area (TPSA) is 0 Å². The molecule has 0 N–H and O–H groups in total. The zero-order valence-electron chi connectivity index (χ0n) is 20.2. The number of rotatable bonds is 15. The summed E-state index contributed by atoms with van der Waals surface area (Å²) in [5.41, 5.74) is 1.43. The average molecular weight is 586 g/mol. The third-order valence-corrected chi connectivity index (χ3v) is 35.8. The Bertz CT molecular complexity index is 576. The van der Waals surface area contributed by atoms with Gasteiger partial charge in [0.15, 0.2) is 0 Å². The number of benzene rings is 1. The first-order valence-electron chi connectivity index (χ1n) is 12.5. The van der Waals surface area contributed by atoms with E-state index in [4.69, 9.17) is 11.6 Å². The van der Waals surface area contributed by atoms with Gasteiger partial charge >= 0.3 is 196 Å². The van der Waals surface area contributed by atoms with Crippen LogP contribution in [0.2, 0.25) is 34.1 Å². The van der Waals surface area contributed by atoms with Gasteiger partial charge < -0.3 is 0 Å². The predicted octanol–water partition coefficient (Wildman–Crippen LogP) is 10.2. The van der Waals surface area contributed by atoms with Crippen LogP contribution in [0.4, 0.5) is 0 Å². The van der Waals surface area contributed by atoms with Crippen molar-refractivity contribution < 1.29 is 0 Å². The van der Waals surface area contributed by atoms with E-state index in [1.165, 1.54) is 73.2 Å². The molecular formula is C26H47ClGeSn. The van der Waals surface area contributed by atoms with Gasteiger partial charge in [-0.15, -0.1) is 0 Å². The summed E-state index contributed by atoms with van der Waals surface area (Å²) >= 11 is 2.36. The molecule has 0 atom stereocenters. The van der Waals surface area contributed by atoms with E-state index >= 15 is 0 Å². The normalized spacial score (nSPS) is 13.1. The van der Waals surface area contributed by atoms with Gasteiger partial charge in [0.2, 0.25) is 0 Å². The van der Waals surface area contributed by atoms with Gasteiger partial charge in [-0.25, -0.2) is 0 Å². The van der Waals surface area contributed by atoms with Crippen LogP contribution in [0.15, 0.2) is 29.2 Å². The minimum absolute atomic E-state index is 1.00. The molecule has 0 amide bonds. The fourth-order valence-corrected chi connectivity index (χ4v) is 36.6. The van der Waals surface area contributed by atoms with Gasteiger partial charge in [0.05, 0.1) is 0 Å². The molecule has 0 saturated heterocycles. The molecule has 1 aromatic rings. The summed E-state index contributed by atoms with van der Waals surface area (Å²) in [5.74, 6) is 0. The van der Waals surface area contributed by atoms with Crippen LogP contribution in [0.25, 0.3) is 3.59 Å². The fraction of sp³-hybridized carbons (Fsp3) is 0.692. The van der Waals surface area contributed by atoms with Crippen LogP contribution in [0.1, 0.15) is 85.6 Å². The van der Waals surface area contributed by atoms with Crippen LogP contribution in [0.5, 0.6) is 0 Å². The minimum atomic E-state index is -2.56. The molecule has 0 radical (unpaired) electrons. The van der Waals surface area contributed by atoms with Crippen molar-refractivity contribution in [1.29, 1.82) is 0 Å². The molecule has 29 heavy (non-hydrogen) atoms. The van der Waals surface area contributed by atoms with E-state index in [-0.39, 0.29) is 0 Å². The molecule has 3 heteroatoms. The Hall–Kier alpha value is 0.592. The van der Waals surface area contributed by atoms with Gasteiger partial charge in [-0.05, 0) is 0 Å². The molecule has 0 unspecified atom stereocenters. The van der Waals surface area contributed by atoms with Crippen molar-refractivity contribution in [1.82, 2.24) is 0 Å². The molecule has 0 fully saturated rings. The maximum atomic E-state index is 6.90. The van der Waals surface area contributed by atoms with Crippen molar-refractivity contribution in [3.63, 3.8) is 0 Å². The molecule has 0 aliphatic carbocycles. The maximum absolute atomic E-state index is 6.90. The molecule has 166 valence electrons. The number of halogens is 1. The summed E-state index contributed by atoms with van der Waals surface area (Å²) in [6, 6.07) is 8.83. The number of unbranched alkanes of at least 4 members (excludes halogenated alkanes) is 3. The Morgan fingerprint density at radius 1 is 0.793 bits per heavy atom. The Kier molecular flexibility index (Phi) is 13.9. The van der Waals surface area contributed by atoms with Crippen LogP contribution in [-0.4, -0.2) is 31.6 Å². The van der Waals surface area contributed by atoms with Crippen molar-refractivity contribution in [2.45, 2.75) is 109 Å². The Balaban J connectivity index is 3.74. The molecule has 0 nitrogen and oxygen atoms in total. The molecular weight excluding hydrogens is 539 g/mol. The first kappa shape index (κ1) is 27.6. The summed E-state index contributed by atoms with van der Waals surface area (Å²) in [6.45, 7) is 14.5. The van der Waals surface area contributed by atoms with E-state index in [1.807, 2.05) is 3.59 Å². The Labute approximate surface area is 194 Å². The van der Waals surface area contributed by atoms with Crippen LogP contribution < -0.4 is 0 Å². The standard InChI is InChI=1S/C14H20ClGe.3C4H9.Sn/c1-4-16(5-2,6-3)12-11-13-9-7-8-10-14(13)15;3*1-3-4-2;/h7-10,12H,4-6H2,1-3H3;3*1,3-4H2,2H3;. The molecule has 0 heterocycles. The number of hydrogen-bond acceptors (Lipinski definition) is 0. The van der Waals surface area contributed by atoms with Crippen LogP contribution in [0, 0.1) is 0 Å². The summed E-state index contributed by atoms with van der Waals surface area (Å²) in [7, 11) is 0. The van der Waals surface area contributed by atoms with Crippen LogP contribution in [0.3, 0.4) is 0 Å². The van der Waals surface area contributed by atoms with Crippen molar-refractivity contribution >= 4 is 46.8 Å². The van der Waals surface area contributed by atoms with Gasteiger partial charge in [0.25, 0.3) is 0 Å². The second-order valence-corrected chi connectivity index (χ2v) is 33.4. The molecule has 0 spiro atoms. The zero-order chi connectivity index (χ0) is 21.8. The summed E-state index contributed by atoms with van der Waals surface area (Å²) in [4.78, 5) is 2.97. The van der Waals surface area contributed by atoms with E-state index in [9.17, 15) is 0 Å². The average Bonchev–Trinajstić information content (AvgIpc) is 2.76. The molecule has 1 rings (SSSR count). The van der Waals surface area contributed by atoms with Gasteiger partial charge in [-0.3, -0.25) is 0 Å². The van der Waals surface area contributed by atoms with E-state index in [0.29, 0.717) is 0 Å². The molecule has 0 aromatic heterocycles. The first-order chi connectivity index (χ1) is 14.0. The quantitative estimate of drug-likeness (QED) is 0.180. The van der Waals surface area contributed by atoms with Crippen LogP contribution >= 0.6 is 11.6 Å². The van der Waals surface area contributed by atoms with Crippen molar-refractivity contribution in [2.24, 2.45) is 0 Å². The van der Waals surface area contributed by atoms with E-state index in [1.54, 1.807) is 0 Å². The number of hydrogen-bond donors (Lipinski definition) is 0. The third-order valence-electron chi connectivity index (χ3n) is 7.32. The molecule has 1 aromatic carbocycles. The zero-order valence-corrected chi connectivity index (χ0v) is 26.0. The van der Waals surface area contributed by atoms with Gasteiger partial charge in [0, 0.05) is 0 Å². The van der Waals surface area contributed by atoms with Gasteiger partial charge in [-0.2, -0.15) is 0 Å². The van der Waals surface area contributed by atoms with Crippen LogP contribution in [-0.2, 0) is 0 Å². The summed E-state index contributed by atoms with van der Waals surface area (Å²) < 4.78 is 6.43. The fourth-order valence-electron chi connectivity index (χ4n) is 4.88. The van der Waals surface area contributed by atoms with Crippen molar-refractivity contribution in [2.75, 3.05) is 0 Å². The summed E-state index contributed by atoms with van der Waals surface area (Å²) in [5, 5.41) is 5.25. The second kappa shape index (κ2) is 14.6. The monoisotopic (exact) mass is 588 g/mol. The Morgan fingerprint density at radius 2 is 1.24 bits per heavy atom. The van der Waals surface area contributed by atoms with Crippen molar-refractivity contribution in [3.8, 4) is 0 Å². The predicted molar refractivity (Wildman–Crippen MR) is 142 cm³/mol. The van der Waals surface area contributed by atoms with Crippen molar-refractivity contribution in [3.05, 3.63) is 39.8 Å². The summed E-state index contributed by atoms with van der Waals surface area (Å²) in [6.07, 6.45) is 8.22. The van der Waals surface area contributed by atoms with Gasteiger partial charge in [0.1, 0.15) is 0 Å². The molecule has 0 aliphatic heterocycles. The third kappa shape index (κ3) is 7.90. The first-order valence-corrected chi connectivity index (χ1v) is 26.0. The van der Waals surface area contributed by atoms with E-state index < -0.39 is 31.6 Å². The van der Waals surface area contributed by atoms with Gasteiger partial charge in [-0.1, -0.05) is 0 Å². The Morgan fingerprint density at radius 3 is 1.62 bits per heavy atom. The van der Waals surface area contributed by atoms with E-state index in [2.05, 4.69) is 70.7 Å². The SMILES string of the molecule is CCC[CH2][Sn]([CH2]CCC)([CH2]CCC)/[C](=[CH]/[Ge]([CH2]C)([CH2]C)[CH2]C)c1ccccc1Cl. The molecule has 0 bridgehead atoms.